The van der Waals surface area contributed by atoms with Gasteiger partial charge in [-0.15, -0.1) is 0 Å². The molecule has 154 valence electrons. The summed E-state index contributed by atoms with van der Waals surface area (Å²) >= 11 is 0. The molecular formula is C27H23NO3. The van der Waals surface area contributed by atoms with E-state index in [1.165, 1.54) is 4.90 Å². The molecule has 3 aromatic rings. The molecular weight excluding hydrogens is 386 g/mol. The van der Waals surface area contributed by atoms with Crippen molar-refractivity contribution in [1.82, 2.24) is 0 Å². The molecule has 1 N–H and O–H groups in total. The summed E-state index contributed by atoms with van der Waals surface area (Å²) in [6.07, 6.45) is 0.734. The van der Waals surface area contributed by atoms with Crippen molar-refractivity contribution >= 4 is 17.5 Å². The fourth-order valence-electron chi connectivity index (χ4n) is 6.46. The summed E-state index contributed by atoms with van der Waals surface area (Å²) in [6.45, 7) is 1.82. The van der Waals surface area contributed by atoms with Gasteiger partial charge in [0.15, 0.2) is 0 Å². The quantitative estimate of drug-likeness (QED) is 0.670. The predicted octanol–water partition coefficient (Wildman–Crippen LogP) is 3.79. The van der Waals surface area contributed by atoms with Gasteiger partial charge in [0.05, 0.1) is 29.5 Å². The molecule has 1 saturated heterocycles. The van der Waals surface area contributed by atoms with Crippen LogP contribution in [0.5, 0.6) is 0 Å². The number of imide groups is 1. The Labute approximate surface area is 181 Å². The highest BCUT2D eigenvalue weighted by atomic mass is 16.3. The number of para-hydroxylation sites is 1. The number of carbonyl (C=O) groups excluding carboxylic acids is 2. The molecule has 0 unspecified atom stereocenters. The smallest absolute Gasteiger partial charge is 0.239 e. The Hall–Kier alpha value is -3.24. The second-order valence-corrected chi connectivity index (χ2v) is 8.78. The van der Waals surface area contributed by atoms with E-state index in [9.17, 15) is 14.7 Å². The van der Waals surface area contributed by atoms with Gasteiger partial charge in [-0.2, -0.15) is 0 Å². The minimum atomic E-state index is -0.907. The lowest BCUT2D eigenvalue weighted by Crippen LogP contribution is -2.55. The second kappa shape index (κ2) is 6.38. The number of rotatable bonds is 3. The van der Waals surface area contributed by atoms with E-state index in [1.807, 2.05) is 67.6 Å². The van der Waals surface area contributed by atoms with Crippen LogP contribution in [0.25, 0.3) is 0 Å². The first-order valence-corrected chi connectivity index (χ1v) is 10.9. The van der Waals surface area contributed by atoms with Crippen molar-refractivity contribution in [3.05, 3.63) is 101 Å². The van der Waals surface area contributed by atoms with Crippen molar-refractivity contribution in [1.29, 1.82) is 0 Å². The Morgan fingerprint density at radius 3 is 2.03 bits per heavy atom. The molecule has 2 bridgehead atoms. The highest BCUT2D eigenvalue weighted by Crippen LogP contribution is 2.64. The SMILES string of the molecule is CCc1ccccc1N1C(=O)[C@@H]2C3c4ccccc4C(CO)(c4ccccc43)[C@@H]2C1=O. The van der Waals surface area contributed by atoms with Gasteiger partial charge in [-0.3, -0.25) is 9.59 Å². The van der Waals surface area contributed by atoms with E-state index in [0.717, 1.165) is 34.2 Å². The first kappa shape index (κ1) is 18.5. The number of amides is 2. The summed E-state index contributed by atoms with van der Waals surface area (Å²) in [4.78, 5) is 29.3. The molecule has 2 amide bonds. The van der Waals surface area contributed by atoms with Gasteiger partial charge >= 0.3 is 0 Å². The number of benzene rings is 3. The van der Waals surface area contributed by atoms with Gasteiger partial charge in [-0.1, -0.05) is 73.7 Å². The van der Waals surface area contributed by atoms with Crippen molar-refractivity contribution in [3.8, 4) is 0 Å². The van der Waals surface area contributed by atoms with Crippen LogP contribution in [-0.4, -0.2) is 23.5 Å². The average Bonchev–Trinajstić information content (AvgIpc) is 3.09. The lowest BCUT2D eigenvalue weighted by molar-refractivity contribution is -0.124. The van der Waals surface area contributed by atoms with Gasteiger partial charge in [0.1, 0.15) is 0 Å². The van der Waals surface area contributed by atoms with Crippen molar-refractivity contribution in [2.24, 2.45) is 11.8 Å². The Kier molecular flexibility index (Phi) is 3.81. The van der Waals surface area contributed by atoms with Gasteiger partial charge in [-0.05, 0) is 40.3 Å². The molecule has 1 heterocycles. The van der Waals surface area contributed by atoms with E-state index in [2.05, 4.69) is 12.1 Å². The van der Waals surface area contributed by atoms with Crippen LogP contribution in [0.1, 0.15) is 40.7 Å². The number of aliphatic hydroxyl groups is 1. The number of aryl methyl sites for hydroxylation is 1. The molecule has 7 rings (SSSR count). The lowest BCUT2D eigenvalue weighted by Gasteiger charge is -2.53. The fraction of sp³-hybridized carbons (Fsp3) is 0.259. The Balaban J connectivity index is 1.64. The summed E-state index contributed by atoms with van der Waals surface area (Å²) in [5.41, 5.74) is 4.82. The molecule has 4 nitrogen and oxygen atoms in total. The van der Waals surface area contributed by atoms with Crippen molar-refractivity contribution in [3.63, 3.8) is 0 Å². The molecule has 3 aliphatic carbocycles. The average molecular weight is 409 g/mol. The Bertz CT molecular complexity index is 1200. The zero-order chi connectivity index (χ0) is 21.3. The summed E-state index contributed by atoms with van der Waals surface area (Å²) in [5, 5.41) is 10.9. The molecule has 1 fully saturated rings. The number of anilines is 1. The van der Waals surface area contributed by atoms with E-state index < -0.39 is 17.3 Å². The summed E-state index contributed by atoms with van der Waals surface area (Å²) in [7, 11) is 0. The molecule has 3 aromatic carbocycles. The second-order valence-electron chi connectivity index (χ2n) is 8.78. The first-order valence-electron chi connectivity index (χ1n) is 10.9. The molecule has 31 heavy (non-hydrogen) atoms. The van der Waals surface area contributed by atoms with Gasteiger partial charge in [0.2, 0.25) is 11.8 Å². The Morgan fingerprint density at radius 2 is 1.42 bits per heavy atom. The first-order chi connectivity index (χ1) is 15.1. The van der Waals surface area contributed by atoms with E-state index >= 15 is 0 Å². The van der Waals surface area contributed by atoms with Crippen LogP contribution in [0.3, 0.4) is 0 Å². The molecule has 0 spiro atoms. The number of carbonyl (C=O) groups is 2. The molecule has 4 aliphatic rings. The number of hydrogen-bond acceptors (Lipinski definition) is 3. The minimum Gasteiger partial charge on any atom is -0.395 e. The number of aliphatic hydroxyl groups excluding tert-OH is 1. The van der Waals surface area contributed by atoms with Crippen LogP contribution >= 0.6 is 0 Å². The van der Waals surface area contributed by atoms with Crippen LogP contribution in [0.4, 0.5) is 5.69 Å². The number of hydrogen-bond donors (Lipinski definition) is 1. The van der Waals surface area contributed by atoms with Crippen LogP contribution in [-0.2, 0) is 21.4 Å². The van der Waals surface area contributed by atoms with E-state index in [0.29, 0.717) is 5.69 Å². The highest BCUT2D eigenvalue weighted by Gasteiger charge is 2.68. The van der Waals surface area contributed by atoms with E-state index in [1.54, 1.807) is 0 Å². The van der Waals surface area contributed by atoms with Crippen molar-refractivity contribution in [2.45, 2.75) is 24.7 Å². The molecule has 1 aliphatic heterocycles. The molecule has 2 atom stereocenters. The molecule has 0 saturated carbocycles. The third-order valence-corrected chi connectivity index (χ3v) is 7.66. The van der Waals surface area contributed by atoms with Crippen LogP contribution in [0, 0.1) is 11.8 Å². The van der Waals surface area contributed by atoms with Crippen LogP contribution in [0.15, 0.2) is 72.8 Å². The normalized spacial score (nSPS) is 27.8. The summed E-state index contributed by atoms with van der Waals surface area (Å²) in [5.74, 6) is -1.64. The highest BCUT2D eigenvalue weighted by molar-refractivity contribution is 6.24. The molecule has 4 heteroatoms. The lowest BCUT2D eigenvalue weighted by atomic mass is 9.47. The van der Waals surface area contributed by atoms with E-state index in [-0.39, 0.29) is 24.3 Å². The zero-order valence-electron chi connectivity index (χ0n) is 17.3. The fourth-order valence-corrected chi connectivity index (χ4v) is 6.46. The summed E-state index contributed by atoms with van der Waals surface area (Å²) < 4.78 is 0. The number of nitrogens with zero attached hydrogens (tertiary/aromatic N) is 1. The van der Waals surface area contributed by atoms with Crippen molar-refractivity contribution < 1.29 is 14.7 Å². The minimum absolute atomic E-state index is 0.150. The maximum atomic E-state index is 14.0. The Morgan fingerprint density at radius 1 is 0.839 bits per heavy atom. The van der Waals surface area contributed by atoms with Gasteiger partial charge in [0.25, 0.3) is 0 Å². The topological polar surface area (TPSA) is 57.6 Å². The standard InChI is InChI=1S/C27H23NO3/c1-2-16-9-3-8-14-21(16)28-25(30)23-22-17-10-4-6-12-19(17)27(15-29,24(23)26(28)31)20-13-7-5-11-18(20)22/h3-14,22-24,29H,2,15H2,1H3/t22?,23-,24+,27?/m1/s1. The van der Waals surface area contributed by atoms with Crippen LogP contribution in [0.2, 0.25) is 0 Å². The predicted molar refractivity (Wildman–Crippen MR) is 118 cm³/mol. The third kappa shape index (κ3) is 2.08. The maximum Gasteiger partial charge on any atom is 0.239 e. The molecule has 0 aromatic heterocycles. The van der Waals surface area contributed by atoms with Gasteiger partial charge in [0, 0.05) is 5.92 Å². The third-order valence-electron chi connectivity index (χ3n) is 7.66. The van der Waals surface area contributed by atoms with Gasteiger partial charge in [-0.25, -0.2) is 4.90 Å². The van der Waals surface area contributed by atoms with Gasteiger partial charge < -0.3 is 5.11 Å². The zero-order valence-corrected chi connectivity index (χ0v) is 17.3. The largest absolute Gasteiger partial charge is 0.395 e. The molecule has 0 radical (unpaired) electrons. The van der Waals surface area contributed by atoms with Crippen molar-refractivity contribution in [2.75, 3.05) is 11.5 Å². The van der Waals surface area contributed by atoms with Crippen LogP contribution < -0.4 is 4.90 Å². The maximum absolute atomic E-state index is 14.0. The summed E-state index contributed by atoms with van der Waals surface area (Å²) in [6, 6.07) is 23.7. The monoisotopic (exact) mass is 409 g/mol. The van der Waals surface area contributed by atoms with E-state index in [4.69, 9.17) is 0 Å².